The van der Waals surface area contributed by atoms with Crippen LogP contribution >= 0.6 is 0 Å². The second kappa shape index (κ2) is 5.87. The predicted octanol–water partition coefficient (Wildman–Crippen LogP) is 3.72. The van der Waals surface area contributed by atoms with Crippen molar-refractivity contribution in [2.45, 2.75) is 32.6 Å². The second-order valence-corrected chi connectivity index (χ2v) is 4.27. The van der Waals surface area contributed by atoms with Crippen LogP contribution in [0.15, 0.2) is 6.07 Å². The number of alkyl halides is 2. The molecule has 104 valence electrons. The molecule has 0 aliphatic rings. The van der Waals surface area contributed by atoms with E-state index < -0.39 is 12.3 Å². The first-order chi connectivity index (χ1) is 8.88. The smallest absolute Gasteiger partial charge is 0.277 e. The molecule has 0 bridgehead atoms. The van der Waals surface area contributed by atoms with Crippen LogP contribution in [-0.2, 0) is 5.92 Å². The van der Waals surface area contributed by atoms with Gasteiger partial charge in [0.15, 0.2) is 0 Å². The summed E-state index contributed by atoms with van der Waals surface area (Å²) in [4.78, 5) is 0. The van der Waals surface area contributed by atoms with Gasteiger partial charge in [0.1, 0.15) is 11.5 Å². The molecule has 0 aromatic heterocycles. The molecular weight excluding hydrogens is 252 g/mol. The molecule has 5 heteroatoms. The summed E-state index contributed by atoms with van der Waals surface area (Å²) in [6.07, 6.45) is -0.753. The minimum absolute atomic E-state index is 0.154. The summed E-state index contributed by atoms with van der Waals surface area (Å²) in [5, 5.41) is 8.46. The van der Waals surface area contributed by atoms with Crippen molar-refractivity contribution in [3.8, 4) is 17.6 Å². The van der Waals surface area contributed by atoms with E-state index in [2.05, 4.69) is 0 Å². The highest BCUT2D eigenvalue weighted by Gasteiger charge is 2.36. The van der Waals surface area contributed by atoms with Crippen molar-refractivity contribution in [1.82, 2.24) is 0 Å². The van der Waals surface area contributed by atoms with Crippen LogP contribution in [0.1, 0.15) is 29.5 Å². The van der Waals surface area contributed by atoms with E-state index in [0.29, 0.717) is 11.3 Å². The molecule has 0 saturated heterocycles. The van der Waals surface area contributed by atoms with Gasteiger partial charge in [0.2, 0.25) is 0 Å². The van der Waals surface area contributed by atoms with Gasteiger partial charge in [0.05, 0.1) is 25.9 Å². The normalized spacial score (nSPS) is 11.0. The summed E-state index contributed by atoms with van der Waals surface area (Å²) >= 11 is 0. The SMILES string of the molecule is COc1cc(C(F)(F)CCC#N)c(OC)c(C)c1C. The van der Waals surface area contributed by atoms with Gasteiger partial charge >= 0.3 is 0 Å². The molecule has 1 aromatic carbocycles. The largest absolute Gasteiger partial charge is 0.496 e. The minimum atomic E-state index is -3.12. The fourth-order valence-electron chi connectivity index (χ4n) is 1.96. The third kappa shape index (κ3) is 2.95. The van der Waals surface area contributed by atoms with Crippen LogP contribution < -0.4 is 9.47 Å². The van der Waals surface area contributed by atoms with Gasteiger partial charge in [0, 0.05) is 12.8 Å². The lowest BCUT2D eigenvalue weighted by atomic mass is 9.96. The minimum Gasteiger partial charge on any atom is -0.496 e. The molecule has 3 nitrogen and oxygen atoms in total. The Bertz CT molecular complexity index is 507. The zero-order chi connectivity index (χ0) is 14.6. The van der Waals surface area contributed by atoms with Crippen molar-refractivity contribution < 1.29 is 18.3 Å². The average molecular weight is 269 g/mol. The lowest BCUT2D eigenvalue weighted by Crippen LogP contribution is -2.16. The number of hydrogen-bond acceptors (Lipinski definition) is 3. The first-order valence-corrected chi connectivity index (χ1v) is 5.86. The topological polar surface area (TPSA) is 42.2 Å². The highest BCUT2D eigenvalue weighted by Crippen LogP contribution is 2.43. The molecule has 0 saturated carbocycles. The molecule has 0 unspecified atom stereocenters. The predicted molar refractivity (Wildman–Crippen MR) is 67.8 cm³/mol. The third-order valence-electron chi connectivity index (χ3n) is 3.16. The van der Waals surface area contributed by atoms with Crippen molar-refractivity contribution in [3.63, 3.8) is 0 Å². The Hall–Kier alpha value is -1.83. The van der Waals surface area contributed by atoms with Crippen molar-refractivity contribution in [3.05, 3.63) is 22.8 Å². The van der Waals surface area contributed by atoms with Crippen LogP contribution in [0.5, 0.6) is 11.5 Å². The van der Waals surface area contributed by atoms with E-state index in [4.69, 9.17) is 14.7 Å². The second-order valence-electron chi connectivity index (χ2n) is 4.27. The van der Waals surface area contributed by atoms with Gasteiger partial charge in [-0.2, -0.15) is 5.26 Å². The van der Waals surface area contributed by atoms with Crippen LogP contribution in [-0.4, -0.2) is 14.2 Å². The molecule has 1 rings (SSSR count). The van der Waals surface area contributed by atoms with Crippen molar-refractivity contribution in [2.24, 2.45) is 0 Å². The number of hydrogen-bond donors (Lipinski definition) is 0. The molecule has 0 N–H and O–H groups in total. The van der Waals surface area contributed by atoms with E-state index in [9.17, 15) is 8.78 Å². The maximum absolute atomic E-state index is 14.1. The number of benzene rings is 1. The van der Waals surface area contributed by atoms with Gasteiger partial charge in [-0.25, -0.2) is 8.78 Å². The molecule has 0 radical (unpaired) electrons. The average Bonchev–Trinajstić information content (AvgIpc) is 2.39. The number of halogens is 2. The zero-order valence-electron chi connectivity index (χ0n) is 11.5. The van der Waals surface area contributed by atoms with E-state index >= 15 is 0 Å². The van der Waals surface area contributed by atoms with Gasteiger partial charge < -0.3 is 9.47 Å². The van der Waals surface area contributed by atoms with Crippen LogP contribution in [0.4, 0.5) is 8.78 Å². The van der Waals surface area contributed by atoms with Gasteiger partial charge in [-0.1, -0.05) is 0 Å². The summed E-state index contributed by atoms with van der Waals surface area (Å²) in [5.41, 5.74) is 1.15. The van der Waals surface area contributed by atoms with Gasteiger partial charge in [-0.15, -0.1) is 0 Å². The van der Waals surface area contributed by atoms with E-state index in [0.717, 1.165) is 5.56 Å². The monoisotopic (exact) mass is 269 g/mol. The molecule has 0 aliphatic heterocycles. The Balaban J connectivity index is 3.41. The third-order valence-corrected chi connectivity index (χ3v) is 3.16. The number of methoxy groups -OCH3 is 2. The van der Waals surface area contributed by atoms with E-state index in [1.54, 1.807) is 19.9 Å². The summed E-state index contributed by atoms with van der Waals surface area (Å²) in [5.74, 6) is -2.57. The lowest BCUT2D eigenvalue weighted by molar-refractivity contribution is -0.0143. The fraction of sp³-hybridized carbons (Fsp3) is 0.500. The number of nitriles is 1. The Kier molecular flexibility index (Phi) is 4.71. The zero-order valence-corrected chi connectivity index (χ0v) is 11.5. The fourth-order valence-corrected chi connectivity index (χ4v) is 1.96. The van der Waals surface area contributed by atoms with Crippen LogP contribution in [0.25, 0.3) is 0 Å². The Morgan fingerprint density at radius 2 is 1.84 bits per heavy atom. The summed E-state index contributed by atoms with van der Waals surface area (Å²) in [7, 11) is 2.80. The summed E-state index contributed by atoms with van der Waals surface area (Å²) in [6.45, 7) is 3.49. The molecule has 0 spiro atoms. The lowest BCUT2D eigenvalue weighted by Gasteiger charge is -2.22. The first kappa shape index (κ1) is 15.2. The molecule has 0 atom stereocenters. The number of rotatable bonds is 5. The molecule has 19 heavy (non-hydrogen) atoms. The van der Waals surface area contributed by atoms with E-state index in [-0.39, 0.29) is 17.7 Å². The molecular formula is C14H17F2NO2. The van der Waals surface area contributed by atoms with E-state index in [1.807, 2.05) is 0 Å². The maximum Gasteiger partial charge on any atom is 0.277 e. The molecule has 0 heterocycles. The highest BCUT2D eigenvalue weighted by molar-refractivity contribution is 5.54. The van der Waals surface area contributed by atoms with Gasteiger partial charge in [-0.3, -0.25) is 0 Å². The standard InChI is InChI=1S/C14H17F2NO2/c1-9-10(2)13(19-4)11(8-12(9)18-3)14(15,16)6-5-7-17/h8H,5-6H2,1-4H3. The Labute approximate surface area is 111 Å². The number of ether oxygens (including phenoxy) is 2. The quantitative estimate of drug-likeness (QED) is 0.818. The van der Waals surface area contributed by atoms with Crippen LogP contribution in [0, 0.1) is 25.2 Å². The molecule has 0 aliphatic carbocycles. The van der Waals surface area contributed by atoms with E-state index in [1.165, 1.54) is 20.3 Å². The van der Waals surface area contributed by atoms with Gasteiger partial charge in [-0.05, 0) is 31.0 Å². The van der Waals surface area contributed by atoms with Gasteiger partial charge in [0.25, 0.3) is 5.92 Å². The number of nitrogens with zero attached hydrogens (tertiary/aromatic N) is 1. The molecule has 0 amide bonds. The maximum atomic E-state index is 14.1. The first-order valence-electron chi connectivity index (χ1n) is 5.86. The van der Waals surface area contributed by atoms with Crippen LogP contribution in [0.2, 0.25) is 0 Å². The molecule has 1 aromatic rings. The Morgan fingerprint density at radius 1 is 1.21 bits per heavy atom. The summed E-state index contributed by atoms with van der Waals surface area (Å²) in [6, 6.07) is 3.02. The Morgan fingerprint density at radius 3 is 2.32 bits per heavy atom. The molecule has 0 fully saturated rings. The van der Waals surface area contributed by atoms with Crippen LogP contribution in [0.3, 0.4) is 0 Å². The van der Waals surface area contributed by atoms with Crippen molar-refractivity contribution in [2.75, 3.05) is 14.2 Å². The summed E-state index contributed by atoms with van der Waals surface area (Å²) < 4.78 is 38.5. The van der Waals surface area contributed by atoms with Crippen molar-refractivity contribution >= 4 is 0 Å². The highest BCUT2D eigenvalue weighted by atomic mass is 19.3. The van der Waals surface area contributed by atoms with Crippen molar-refractivity contribution in [1.29, 1.82) is 5.26 Å².